The van der Waals surface area contributed by atoms with E-state index in [4.69, 9.17) is 0 Å². The molecule has 1 aliphatic rings. The maximum Gasteiger partial charge on any atom is 0.309 e. The summed E-state index contributed by atoms with van der Waals surface area (Å²) in [5.74, 6) is -0.838. The first-order valence-corrected chi connectivity index (χ1v) is 7.97. The molecule has 1 aliphatic heterocycles. The summed E-state index contributed by atoms with van der Waals surface area (Å²) < 4.78 is 27.6. The predicted octanol–water partition coefficient (Wildman–Crippen LogP) is 0.686. The molecule has 1 N–H and O–H groups in total. The van der Waals surface area contributed by atoms with Gasteiger partial charge in [-0.3, -0.25) is 4.79 Å². The average molecular weight is 301 g/mol. The lowest BCUT2D eigenvalue weighted by atomic mass is 9.77. The number of piperidine rings is 1. The summed E-state index contributed by atoms with van der Waals surface area (Å²) in [6.45, 7) is 2.27. The van der Waals surface area contributed by atoms with Gasteiger partial charge in [-0.1, -0.05) is 6.92 Å². The second-order valence-corrected chi connectivity index (χ2v) is 7.11. The highest BCUT2D eigenvalue weighted by Crippen LogP contribution is 2.36. The fourth-order valence-electron chi connectivity index (χ4n) is 2.53. The second-order valence-electron chi connectivity index (χ2n) is 5.22. The topological polar surface area (TPSA) is 92.5 Å². The van der Waals surface area contributed by atoms with Crippen LogP contribution in [0.5, 0.6) is 0 Å². The van der Waals surface area contributed by atoms with Gasteiger partial charge < -0.3 is 9.67 Å². The molecular formula is C12H19N3O4S. The van der Waals surface area contributed by atoms with E-state index in [-0.39, 0.29) is 18.1 Å². The molecule has 1 saturated heterocycles. The smallest absolute Gasteiger partial charge is 0.309 e. The van der Waals surface area contributed by atoms with Crippen LogP contribution in [0.25, 0.3) is 0 Å². The maximum absolute atomic E-state index is 12.4. The van der Waals surface area contributed by atoms with Crippen molar-refractivity contribution < 1.29 is 18.3 Å². The number of carboxylic acid groups (broad SMARTS) is 1. The molecule has 20 heavy (non-hydrogen) atoms. The number of aryl methyl sites for hydroxylation is 1. The third-order valence-corrected chi connectivity index (χ3v) is 5.88. The fourth-order valence-corrected chi connectivity index (χ4v) is 3.94. The molecule has 0 aliphatic carbocycles. The SMILES string of the molecule is CCC1(C(=O)O)CCN(S(=O)(=O)c2cn(C)cn2)CC1. The molecule has 1 aromatic rings. The van der Waals surface area contributed by atoms with Crippen molar-refractivity contribution >= 4 is 16.0 Å². The molecule has 0 radical (unpaired) electrons. The van der Waals surface area contributed by atoms with Crippen molar-refractivity contribution in [1.29, 1.82) is 0 Å². The quantitative estimate of drug-likeness (QED) is 0.883. The van der Waals surface area contributed by atoms with E-state index in [1.165, 1.54) is 16.8 Å². The van der Waals surface area contributed by atoms with Crippen LogP contribution in [0.1, 0.15) is 26.2 Å². The largest absolute Gasteiger partial charge is 0.481 e. The van der Waals surface area contributed by atoms with Gasteiger partial charge in [0, 0.05) is 26.3 Å². The fraction of sp³-hybridized carbons (Fsp3) is 0.667. The molecule has 2 rings (SSSR count). The van der Waals surface area contributed by atoms with Gasteiger partial charge in [0.2, 0.25) is 0 Å². The molecule has 0 amide bonds. The Morgan fingerprint density at radius 1 is 1.45 bits per heavy atom. The Morgan fingerprint density at radius 3 is 2.45 bits per heavy atom. The van der Waals surface area contributed by atoms with Gasteiger partial charge in [-0.05, 0) is 19.3 Å². The van der Waals surface area contributed by atoms with Gasteiger partial charge in [0.15, 0.2) is 5.03 Å². The van der Waals surface area contributed by atoms with Gasteiger partial charge in [0.25, 0.3) is 10.0 Å². The lowest BCUT2D eigenvalue weighted by molar-refractivity contribution is -0.151. The summed E-state index contributed by atoms with van der Waals surface area (Å²) in [6, 6.07) is 0. The van der Waals surface area contributed by atoms with Crippen LogP contribution >= 0.6 is 0 Å². The Morgan fingerprint density at radius 2 is 2.05 bits per heavy atom. The number of carboxylic acids is 1. The van der Waals surface area contributed by atoms with Crippen LogP contribution in [-0.4, -0.2) is 46.4 Å². The van der Waals surface area contributed by atoms with Crippen LogP contribution in [-0.2, 0) is 21.9 Å². The van der Waals surface area contributed by atoms with Crippen LogP contribution < -0.4 is 0 Å². The maximum atomic E-state index is 12.4. The summed E-state index contributed by atoms with van der Waals surface area (Å²) in [7, 11) is -1.91. The second kappa shape index (κ2) is 5.17. The van der Waals surface area contributed by atoms with E-state index in [9.17, 15) is 18.3 Å². The van der Waals surface area contributed by atoms with Gasteiger partial charge in [0.1, 0.15) is 0 Å². The van der Waals surface area contributed by atoms with Crippen molar-refractivity contribution in [2.45, 2.75) is 31.2 Å². The molecule has 2 heterocycles. The minimum Gasteiger partial charge on any atom is -0.481 e. The van der Waals surface area contributed by atoms with E-state index in [0.717, 1.165) is 0 Å². The van der Waals surface area contributed by atoms with Crippen molar-refractivity contribution in [3.05, 3.63) is 12.5 Å². The molecule has 0 atom stereocenters. The molecule has 0 unspecified atom stereocenters. The van der Waals surface area contributed by atoms with E-state index >= 15 is 0 Å². The lowest BCUT2D eigenvalue weighted by Crippen LogP contribution is -2.46. The molecule has 0 spiro atoms. The molecule has 0 bridgehead atoms. The predicted molar refractivity (Wildman–Crippen MR) is 71.6 cm³/mol. The summed E-state index contributed by atoms with van der Waals surface area (Å²) >= 11 is 0. The zero-order chi connectivity index (χ0) is 15.0. The Bertz CT molecular complexity index is 600. The van der Waals surface area contributed by atoms with Crippen LogP contribution in [0.3, 0.4) is 0 Å². The minimum absolute atomic E-state index is 0.0133. The van der Waals surface area contributed by atoms with Crippen molar-refractivity contribution in [3.63, 3.8) is 0 Å². The zero-order valence-corrected chi connectivity index (χ0v) is 12.4. The van der Waals surface area contributed by atoms with E-state index < -0.39 is 21.4 Å². The molecular weight excluding hydrogens is 282 g/mol. The molecule has 7 nitrogen and oxygen atoms in total. The minimum atomic E-state index is -3.62. The van der Waals surface area contributed by atoms with Crippen LogP contribution in [0.4, 0.5) is 0 Å². The Hall–Kier alpha value is -1.41. The summed E-state index contributed by atoms with van der Waals surface area (Å²) in [5.41, 5.74) is -0.795. The summed E-state index contributed by atoms with van der Waals surface area (Å²) in [5, 5.41) is 9.33. The normalized spacial score (nSPS) is 19.9. The van der Waals surface area contributed by atoms with Crippen molar-refractivity contribution in [2.75, 3.05) is 13.1 Å². The van der Waals surface area contributed by atoms with Gasteiger partial charge in [0.05, 0.1) is 11.7 Å². The molecule has 1 fully saturated rings. The lowest BCUT2D eigenvalue weighted by Gasteiger charge is -2.37. The first-order valence-electron chi connectivity index (χ1n) is 6.53. The molecule has 0 saturated carbocycles. The number of rotatable bonds is 4. The van der Waals surface area contributed by atoms with Crippen molar-refractivity contribution in [3.8, 4) is 0 Å². The van der Waals surface area contributed by atoms with Gasteiger partial charge in [-0.25, -0.2) is 13.4 Å². The number of nitrogens with zero attached hydrogens (tertiary/aromatic N) is 3. The Labute approximate surface area is 118 Å². The van der Waals surface area contributed by atoms with E-state index in [0.29, 0.717) is 19.3 Å². The average Bonchev–Trinajstić information content (AvgIpc) is 2.86. The van der Waals surface area contributed by atoms with E-state index in [1.54, 1.807) is 11.6 Å². The zero-order valence-electron chi connectivity index (χ0n) is 11.6. The van der Waals surface area contributed by atoms with E-state index in [1.807, 2.05) is 6.92 Å². The number of imidazole rings is 1. The van der Waals surface area contributed by atoms with Crippen LogP contribution in [0, 0.1) is 5.41 Å². The summed E-state index contributed by atoms with van der Waals surface area (Å²) in [4.78, 5) is 15.2. The highest BCUT2D eigenvalue weighted by Gasteiger charge is 2.43. The Balaban J connectivity index is 2.16. The number of aliphatic carboxylic acids is 1. The first kappa shape index (κ1) is 15.0. The number of aromatic nitrogens is 2. The van der Waals surface area contributed by atoms with Gasteiger partial charge in [-0.15, -0.1) is 0 Å². The number of sulfonamides is 1. The molecule has 0 aromatic carbocycles. The standard InChI is InChI=1S/C12H19N3O4S/c1-3-12(11(16)17)4-6-15(7-5-12)20(18,19)10-8-14(2)9-13-10/h8-9H,3-7H2,1-2H3,(H,16,17). The highest BCUT2D eigenvalue weighted by atomic mass is 32.2. The van der Waals surface area contributed by atoms with Crippen LogP contribution in [0.2, 0.25) is 0 Å². The van der Waals surface area contributed by atoms with Gasteiger partial charge >= 0.3 is 5.97 Å². The number of carbonyl (C=O) groups is 1. The molecule has 1 aromatic heterocycles. The monoisotopic (exact) mass is 301 g/mol. The third-order valence-electron chi connectivity index (χ3n) is 4.10. The van der Waals surface area contributed by atoms with Crippen molar-refractivity contribution in [2.24, 2.45) is 12.5 Å². The number of hydrogen-bond donors (Lipinski definition) is 1. The van der Waals surface area contributed by atoms with Gasteiger partial charge in [-0.2, -0.15) is 4.31 Å². The molecule has 112 valence electrons. The third kappa shape index (κ3) is 2.45. The van der Waals surface area contributed by atoms with E-state index in [2.05, 4.69) is 4.98 Å². The Kier molecular flexibility index (Phi) is 3.88. The molecule has 8 heteroatoms. The number of hydrogen-bond acceptors (Lipinski definition) is 4. The van der Waals surface area contributed by atoms with Crippen LogP contribution in [0.15, 0.2) is 17.6 Å². The summed E-state index contributed by atoms with van der Waals surface area (Å²) in [6.07, 6.45) is 4.08. The first-order chi connectivity index (χ1) is 9.32. The highest BCUT2D eigenvalue weighted by molar-refractivity contribution is 7.89. The van der Waals surface area contributed by atoms with Crippen molar-refractivity contribution in [1.82, 2.24) is 13.9 Å².